The third-order valence-corrected chi connectivity index (χ3v) is 5.85. The number of fused-ring (bicyclic) bond motifs is 1. The summed E-state index contributed by atoms with van der Waals surface area (Å²) >= 11 is 0. The number of carbonyl (C=O) groups is 2. The van der Waals surface area contributed by atoms with Crippen molar-refractivity contribution in [3.8, 4) is 0 Å². The van der Waals surface area contributed by atoms with E-state index in [1.807, 2.05) is 17.1 Å². The Morgan fingerprint density at radius 2 is 2.08 bits per heavy atom. The second-order valence-corrected chi connectivity index (χ2v) is 7.75. The second-order valence-electron chi connectivity index (χ2n) is 7.75. The molecule has 3 heterocycles. The van der Waals surface area contributed by atoms with E-state index in [2.05, 4.69) is 32.0 Å². The van der Waals surface area contributed by atoms with Gasteiger partial charge in [0.05, 0.1) is 24.5 Å². The largest absolute Gasteiger partial charge is 0.360 e. The van der Waals surface area contributed by atoms with Crippen LogP contribution in [-0.4, -0.2) is 54.0 Å². The number of likely N-dealkylation sites (tertiary alicyclic amines) is 1. The number of ether oxygens (including phenoxy) is 1. The first kappa shape index (κ1) is 16.3. The number of aryl methyl sites for hydroxylation is 2. The minimum absolute atomic E-state index is 0.0254. The van der Waals surface area contributed by atoms with E-state index in [1.165, 1.54) is 11.1 Å². The van der Waals surface area contributed by atoms with Crippen LogP contribution < -0.4 is 0 Å². The van der Waals surface area contributed by atoms with Gasteiger partial charge in [-0.1, -0.05) is 30.4 Å². The van der Waals surface area contributed by atoms with Crippen molar-refractivity contribution in [3.05, 3.63) is 47.0 Å². The Morgan fingerprint density at radius 1 is 1.32 bits per heavy atom. The van der Waals surface area contributed by atoms with E-state index < -0.39 is 17.4 Å². The average Bonchev–Trinajstić information content (AvgIpc) is 3.19. The third kappa shape index (κ3) is 2.33. The molecule has 2 fully saturated rings. The van der Waals surface area contributed by atoms with Crippen LogP contribution in [0.25, 0.3) is 0 Å². The Kier molecular flexibility index (Phi) is 3.55. The van der Waals surface area contributed by atoms with Gasteiger partial charge in [-0.15, -0.1) is 0 Å². The van der Waals surface area contributed by atoms with Gasteiger partial charge in [0.25, 0.3) is 0 Å². The lowest BCUT2D eigenvalue weighted by Gasteiger charge is -2.25. The number of rotatable bonds is 3. The van der Waals surface area contributed by atoms with E-state index in [1.54, 1.807) is 19.0 Å². The fraction of sp³-hybridized carbons (Fsp3) is 0.500. The monoisotopic (exact) mass is 340 g/mol. The highest BCUT2D eigenvalue weighted by atomic mass is 16.5. The fourth-order valence-electron chi connectivity index (χ4n) is 4.41. The van der Waals surface area contributed by atoms with Crippen LogP contribution in [0.3, 0.4) is 0 Å². The molecule has 2 amide bonds. The first-order valence-corrected chi connectivity index (χ1v) is 8.76. The summed E-state index contributed by atoms with van der Waals surface area (Å²) in [6.07, 6.45) is 3.68. The normalized spacial score (nSPS) is 32.4. The van der Waals surface area contributed by atoms with E-state index in [9.17, 15) is 9.59 Å². The van der Waals surface area contributed by atoms with Gasteiger partial charge in [-0.2, -0.15) is 0 Å². The number of hydrogen-bond acceptors (Lipinski definition) is 3. The quantitative estimate of drug-likeness (QED) is 0.787. The highest BCUT2D eigenvalue weighted by molar-refractivity contribution is 5.92. The zero-order valence-corrected chi connectivity index (χ0v) is 15.2. The molecular weight excluding hydrogens is 316 g/mol. The van der Waals surface area contributed by atoms with Crippen molar-refractivity contribution in [2.45, 2.75) is 32.1 Å². The lowest BCUT2D eigenvalue weighted by atomic mass is 9.76. The first-order valence-electron chi connectivity index (χ1n) is 8.76. The third-order valence-electron chi connectivity index (χ3n) is 5.85. The Morgan fingerprint density at radius 3 is 2.76 bits per heavy atom. The van der Waals surface area contributed by atoms with Gasteiger partial charge in [-0.3, -0.25) is 9.59 Å². The van der Waals surface area contributed by atoms with Crippen molar-refractivity contribution >= 4 is 11.8 Å². The molecule has 5 nitrogen and oxygen atoms in total. The first-order chi connectivity index (χ1) is 11.8. The molecule has 2 bridgehead atoms. The SMILES string of the molecule is Cc1ccc(CN2C[C@@]34C=C[C@@H](O3)C(C(=O)N(C)C)C4C2=O)cc1C. The van der Waals surface area contributed by atoms with Crippen LogP contribution in [0.5, 0.6) is 0 Å². The Hall–Kier alpha value is -2.14. The molecule has 4 atom stereocenters. The van der Waals surface area contributed by atoms with E-state index >= 15 is 0 Å². The minimum atomic E-state index is -0.627. The van der Waals surface area contributed by atoms with E-state index in [0.717, 1.165) is 5.56 Å². The number of hydrogen-bond donors (Lipinski definition) is 0. The Balaban J connectivity index is 1.61. The Labute approximate surface area is 148 Å². The predicted molar refractivity (Wildman–Crippen MR) is 93.8 cm³/mol. The van der Waals surface area contributed by atoms with Crippen LogP contribution in [0.2, 0.25) is 0 Å². The summed E-state index contributed by atoms with van der Waals surface area (Å²) in [6.45, 7) is 5.24. The Bertz CT molecular complexity index is 785. The molecule has 1 spiro atoms. The summed E-state index contributed by atoms with van der Waals surface area (Å²) < 4.78 is 6.13. The molecule has 2 unspecified atom stereocenters. The predicted octanol–water partition coefficient (Wildman–Crippen LogP) is 1.67. The molecule has 3 aliphatic rings. The molecule has 5 heteroatoms. The van der Waals surface area contributed by atoms with E-state index in [0.29, 0.717) is 13.1 Å². The second kappa shape index (κ2) is 5.43. The van der Waals surface area contributed by atoms with Gasteiger partial charge in [-0.25, -0.2) is 0 Å². The van der Waals surface area contributed by atoms with Crippen LogP contribution in [0.1, 0.15) is 16.7 Å². The molecule has 0 aliphatic carbocycles. The number of nitrogens with zero attached hydrogens (tertiary/aromatic N) is 2. The van der Waals surface area contributed by atoms with Gasteiger partial charge >= 0.3 is 0 Å². The van der Waals surface area contributed by atoms with Crippen molar-refractivity contribution in [1.82, 2.24) is 9.80 Å². The molecule has 1 aromatic rings. The van der Waals surface area contributed by atoms with Crippen molar-refractivity contribution in [3.63, 3.8) is 0 Å². The standard InChI is InChI=1S/C20H24N2O3/c1-12-5-6-14(9-13(12)2)10-22-11-20-8-7-15(25-20)16(17(20)19(22)24)18(23)21(3)4/h5-9,15-17H,10-11H2,1-4H3/t15-,16?,17?,20-/m1/s1. The molecule has 4 rings (SSSR count). The maximum atomic E-state index is 13.1. The van der Waals surface area contributed by atoms with Gasteiger partial charge in [0.15, 0.2) is 0 Å². The van der Waals surface area contributed by atoms with Crippen LogP contribution in [0.15, 0.2) is 30.4 Å². The molecule has 25 heavy (non-hydrogen) atoms. The summed E-state index contributed by atoms with van der Waals surface area (Å²) in [6, 6.07) is 6.29. The van der Waals surface area contributed by atoms with Gasteiger partial charge in [0.2, 0.25) is 11.8 Å². The van der Waals surface area contributed by atoms with Crippen molar-refractivity contribution in [2.24, 2.45) is 11.8 Å². The summed E-state index contributed by atoms with van der Waals surface area (Å²) in [7, 11) is 3.47. The van der Waals surface area contributed by atoms with Crippen molar-refractivity contribution in [2.75, 3.05) is 20.6 Å². The average molecular weight is 340 g/mol. The molecule has 3 aliphatic heterocycles. The summed E-state index contributed by atoms with van der Waals surface area (Å²) in [5.41, 5.74) is 2.95. The van der Waals surface area contributed by atoms with Gasteiger partial charge in [0, 0.05) is 20.6 Å². The highest BCUT2D eigenvalue weighted by Gasteiger charge is 2.66. The van der Waals surface area contributed by atoms with Crippen molar-refractivity contribution < 1.29 is 14.3 Å². The molecule has 0 aromatic heterocycles. The van der Waals surface area contributed by atoms with E-state index in [4.69, 9.17) is 4.74 Å². The van der Waals surface area contributed by atoms with Gasteiger partial charge in [-0.05, 0) is 30.5 Å². The van der Waals surface area contributed by atoms with Crippen LogP contribution in [0, 0.1) is 25.7 Å². The molecule has 0 N–H and O–H groups in total. The zero-order chi connectivity index (χ0) is 17.9. The summed E-state index contributed by atoms with van der Waals surface area (Å²) in [5, 5.41) is 0. The van der Waals surface area contributed by atoms with E-state index in [-0.39, 0.29) is 17.9 Å². The number of amides is 2. The molecule has 0 saturated carbocycles. The molecule has 2 saturated heterocycles. The van der Waals surface area contributed by atoms with Gasteiger partial charge in [0.1, 0.15) is 5.60 Å². The maximum absolute atomic E-state index is 13.1. The number of benzene rings is 1. The van der Waals surface area contributed by atoms with Gasteiger partial charge < -0.3 is 14.5 Å². The maximum Gasteiger partial charge on any atom is 0.230 e. The van der Waals surface area contributed by atoms with Crippen LogP contribution in [-0.2, 0) is 20.9 Å². The number of carbonyl (C=O) groups excluding carboxylic acids is 2. The van der Waals surface area contributed by atoms with Crippen LogP contribution >= 0.6 is 0 Å². The molecule has 0 radical (unpaired) electrons. The highest BCUT2D eigenvalue weighted by Crippen LogP contribution is 2.52. The summed E-state index contributed by atoms with van der Waals surface area (Å²) in [5.74, 6) is -0.797. The van der Waals surface area contributed by atoms with Crippen LogP contribution in [0.4, 0.5) is 0 Å². The topological polar surface area (TPSA) is 49.9 Å². The molecule has 1 aromatic carbocycles. The smallest absolute Gasteiger partial charge is 0.230 e. The zero-order valence-electron chi connectivity index (χ0n) is 15.2. The van der Waals surface area contributed by atoms with Crippen molar-refractivity contribution in [1.29, 1.82) is 0 Å². The lowest BCUT2D eigenvalue weighted by molar-refractivity contribution is -0.141. The molecular formula is C20H24N2O3. The summed E-state index contributed by atoms with van der Waals surface area (Å²) in [4.78, 5) is 29.1. The lowest BCUT2D eigenvalue weighted by Crippen LogP contribution is -2.43. The fourth-order valence-corrected chi connectivity index (χ4v) is 4.41. The minimum Gasteiger partial charge on any atom is -0.360 e. The molecule has 132 valence electrons.